The van der Waals surface area contributed by atoms with Gasteiger partial charge in [-0.15, -0.1) is 11.3 Å². The van der Waals surface area contributed by atoms with Gasteiger partial charge in [0.15, 0.2) is 0 Å². The molecular weight excluding hydrogens is 410 g/mol. The zero-order valence-corrected chi connectivity index (χ0v) is 18.3. The number of rotatable bonds is 6. The summed E-state index contributed by atoms with van der Waals surface area (Å²) in [5.74, 6) is 0.386. The van der Waals surface area contributed by atoms with Gasteiger partial charge in [-0.25, -0.2) is 15.0 Å². The minimum atomic E-state index is -0.108. The predicted octanol–water partition coefficient (Wildman–Crippen LogP) is 4.29. The van der Waals surface area contributed by atoms with Crippen LogP contribution in [0.15, 0.2) is 55.1 Å². The molecule has 1 amide bonds. The monoisotopic (exact) mass is 433 g/mol. The third-order valence-corrected chi connectivity index (χ3v) is 5.91. The number of aromatic amines is 1. The van der Waals surface area contributed by atoms with Crippen molar-refractivity contribution in [2.45, 2.75) is 32.7 Å². The van der Waals surface area contributed by atoms with E-state index in [2.05, 4.69) is 56.6 Å². The molecule has 1 aromatic carbocycles. The first-order valence-electron chi connectivity index (χ1n) is 9.81. The molecule has 0 saturated heterocycles. The van der Waals surface area contributed by atoms with Crippen LogP contribution in [0.1, 0.15) is 41.0 Å². The molecule has 3 aromatic heterocycles. The number of thiazole rings is 1. The highest BCUT2D eigenvalue weighted by atomic mass is 32.1. The van der Waals surface area contributed by atoms with Crippen LogP contribution in [0.4, 0.5) is 11.6 Å². The van der Waals surface area contributed by atoms with Gasteiger partial charge in [-0.1, -0.05) is 45.0 Å². The van der Waals surface area contributed by atoms with Crippen molar-refractivity contribution >= 4 is 28.9 Å². The fourth-order valence-corrected chi connectivity index (χ4v) is 3.71. The van der Waals surface area contributed by atoms with Crippen LogP contribution in [0, 0.1) is 0 Å². The predicted molar refractivity (Wildman–Crippen MR) is 121 cm³/mol. The first-order valence-corrected chi connectivity index (χ1v) is 10.6. The Labute approximate surface area is 184 Å². The number of hydrogen-bond donors (Lipinski definition) is 3. The number of nitrogens with one attached hydrogen (secondary N) is 3. The number of nitrogens with zero attached hydrogens (tertiary/aromatic N) is 4. The van der Waals surface area contributed by atoms with Gasteiger partial charge in [0.05, 0.1) is 28.8 Å². The van der Waals surface area contributed by atoms with E-state index in [1.165, 1.54) is 11.3 Å². The number of carbonyl (C=O) groups is 1. The Kier molecular flexibility index (Phi) is 5.77. The molecule has 4 rings (SSSR count). The molecule has 0 fully saturated rings. The van der Waals surface area contributed by atoms with Crippen LogP contribution >= 0.6 is 11.3 Å². The number of carbonyl (C=O) groups excluding carboxylic acids is 1. The van der Waals surface area contributed by atoms with Crippen molar-refractivity contribution in [2.24, 2.45) is 0 Å². The second kappa shape index (κ2) is 8.65. The maximum atomic E-state index is 12.4. The van der Waals surface area contributed by atoms with Crippen LogP contribution in [0.25, 0.3) is 11.3 Å². The smallest absolute Gasteiger partial charge is 0.263 e. The van der Waals surface area contributed by atoms with Crippen LogP contribution in [0.5, 0.6) is 0 Å². The van der Waals surface area contributed by atoms with Gasteiger partial charge in [0.25, 0.3) is 5.91 Å². The zero-order chi connectivity index (χ0) is 21.8. The number of aromatic nitrogens is 5. The molecule has 0 aliphatic carbocycles. The molecule has 31 heavy (non-hydrogen) atoms. The van der Waals surface area contributed by atoms with E-state index in [1.807, 2.05) is 30.3 Å². The lowest BCUT2D eigenvalue weighted by Gasteiger charge is -2.13. The summed E-state index contributed by atoms with van der Waals surface area (Å²) in [7, 11) is 0. The van der Waals surface area contributed by atoms with Crippen LogP contribution < -0.4 is 10.6 Å². The Bertz CT molecular complexity index is 1160. The molecule has 0 saturated carbocycles. The summed E-state index contributed by atoms with van der Waals surface area (Å²) in [6.45, 7) is 6.70. The van der Waals surface area contributed by atoms with E-state index in [4.69, 9.17) is 0 Å². The lowest BCUT2D eigenvalue weighted by atomic mass is 9.98. The zero-order valence-electron chi connectivity index (χ0n) is 17.5. The topological polar surface area (TPSA) is 108 Å². The Balaban J connectivity index is 1.38. The minimum absolute atomic E-state index is 0.0616. The normalized spacial score (nSPS) is 11.3. The van der Waals surface area contributed by atoms with Crippen molar-refractivity contribution in [1.82, 2.24) is 30.5 Å². The first-order chi connectivity index (χ1) is 14.9. The van der Waals surface area contributed by atoms with E-state index in [1.54, 1.807) is 24.8 Å². The summed E-state index contributed by atoms with van der Waals surface area (Å²) in [4.78, 5) is 26.2. The highest BCUT2D eigenvalue weighted by Crippen LogP contribution is 2.26. The summed E-state index contributed by atoms with van der Waals surface area (Å²) >= 11 is 1.44. The molecule has 0 radical (unpaired) electrons. The molecule has 3 heterocycles. The summed E-state index contributed by atoms with van der Waals surface area (Å²) in [6.07, 6.45) is 6.75. The molecule has 8 nitrogen and oxygen atoms in total. The van der Waals surface area contributed by atoms with Crippen molar-refractivity contribution in [3.63, 3.8) is 0 Å². The number of benzene rings is 1. The van der Waals surface area contributed by atoms with Gasteiger partial charge < -0.3 is 10.6 Å². The lowest BCUT2D eigenvalue weighted by molar-refractivity contribution is 0.0954. The largest absolute Gasteiger partial charge is 0.347 e. The molecule has 3 N–H and O–H groups in total. The average molecular weight is 434 g/mol. The average Bonchev–Trinajstić information content (AvgIpc) is 3.45. The number of H-pyrrole nitrogens is 1. The number of amides is 1. The standard InChI is InChI=1S/C22H23N7OS/c1-22(2,3)20-25-13-18(31-20)19(30)24-10-14-4-6-15(7-5-14)17-8-9-23-21(29-17)28-16-11-26-27-12-16/h4-9,11-13H,10H2,1-3H3,(H,24,30)(H,26,27)(H,23,28,29). The number of hydrogen-bond acceptors (Lipinski definition) is 7. The Morgan fingerprint density at radius 2 is 1.90 bits per heavy atom. The van der Waals surface area contributed by atoms with Gasteiger partial charge in [0.2, 0.25) is 5.95 Å². The van der Waals surface area contributed by atoms with Crippen LogP contribution in [0.2, 0.25) is 0 Å². The van der Waals surface area contributed by atoms with Crippen molar-refractivity contribution in [3.8, 4) is 11.3 Å². The van der Waals surface area contributed by atoms with Crippen molar-refractivity contribution in [3.05, 3.63) is 70.6 Å². The second-order valence-corrected chi connectivity index (χ2v) is 9.07. The molecular formula is C22H23N7OS. The van der Waals surface area contributed by atoms with Gasteiger partial charge in [0, 0.05) is 29.9 Å². The molecule has 0 aliphatic rings. The molecule has 158 valence electrons. The van der Waals surface area contributed by atoms with E-state index in [-0.39, 0.29) is 11.3 Å². The molecule has 4 aromatic rings. The third kappa shape index (κ3) is 5.13. The van der Waals surface area contributed by atoms with E-state index in [9.17, 15) is 4.79 Å². The Hall–Kier alpha value is -3.59. The van der Waals surface area contributed by atoms with Gasteiger partial charge >= 0.3 is 0 Å². The van der Waals surface area contributed by atoms with Gasteiger partial charge in [-0.05, 0) is 11.6 Å². The molecule has 0 spiro atoms. The summed E-state index contributed by atoms with van der Waals surface area (Å²) in [5.41, 5.74) is 3.50. The second-order valence-electron chi connectivity index (χ2n) is 8.04. The maximum absolute atomic E-state index is 12.4. The highest BCUT2D eigenvalue weighted by Gasteiger charge is 2.20. The summed E-state index contributed by atoms with van der Waals surface area (Å²) in [6, 6.07) is 9.78. The Morgan fingerprint density at radius 1 is 1.10 bits per heavy atom. The minimum Gasteiger partial charge on any atom is -0.347 e. The van der Waals surface area contributed by atoms with E-state index < -0.39 is 0 Å². The SMILES string of the molecule is CC(C)(C)c1ncc(C(=O)NCc2ccc(-c3ccnc(Nc4cn[nH]c4)n3)cc2)s1. The highest BCUT2D eigenvalue weighted by molar-refractivity contribution is 7.13. The van der Waals surface area contributed by atoms with Crippen LogP contribution in [0.3, 0.4) is 0 Å². The first kappa shape index (κ1) is 20.7. The van der Waals surface area contributed by atoms with Crippen molar-refractivity contribution < 1.29 is 4.79 Å². The molecule has 0 atom stereocenters. The maximum Gasteiger partial charge on any atom is 0.263 e. The van der Waals surface area contributed by atoms with Gasteiger partial charge in [-0.3, -0.25) is 9.89 Å². The summed E-state index contributed by atoms with van der Waals surface area (Å²) < 4.78 is 0. The lowest BCUT2D eigenvalue weighted by Crippen LogP contribution is -2.21. The molecule has 0 bridgehead atoms. The van der Waals surface area contributed by atoms with E-state index in [0.717, 1.165) is 27.5 Å². The van der Waals surface area contributed by atoms with Crippen molar-refractivity contribution in [1.29, 1.82) is 0 Å². The van der Waals surface area contributed by atoms with Crippen LogP contribution in [-0.2, 0) is 12.0 Å². The molecule has 9 heteroatoms. The van der Waals surface area contributed by atoms with Gasteiger partial charge in [-0.2, -0.15) is 5.10 Å². The quantitative estimate of drug-likeness (QED) is 0.418. The van der Waals surface area contributed by atoms with Crippen LogP contribution in [-0.4, -0.2) is 31.1 Å². The molecule has 0 unspecified atom stereocenters. The van der Waals surface area contributed by atoms with E-state index >= 15 is 0 Å². The Morgan fingerprint density at radius 3 is 2.58 bits per heavy atom. The molecule has 0 aliphatic heterocycles. The van der Waals surface area contributed by atoms with Crippen molar-refractivity contribution in [2.75, 3.05) is 5.32 Å². The van der Waals surface area contributed by atoms with E-state index in [0.29, 0.717) is 17.4 Å². The fraction of sp³-hybridized carbons (Fsp3) is 0.227. The fourth-order valence-electron chi connectivity index (χ4n) is 2.82. The van der Waals surface area contributed by atoms with Gasteiger partial charge in [0.1, 0.15) is 4.88 Å². The third-order valence-electron chi connectivity index (χ3n) is 4.48. The number of anilines is 2. The summed E-state index contributed by atoms with van der Waals surface area (Å²) in [5, 5.41) is 13.6.